The van der Waals surface area contributed by atoms with E-state index in [0.717, 1.165) is 30.1 Å². The summed E-state index contributed by atoms with van der Waals surface area (Å²) in [5, 5.41) is 12.9. The first kappa shape index (κ1) is 26.7. The van der Waals surface area contributed by atoms with Crippen molar-refractivity contribution in [2.24, 2.45) is 33.6 Å². The van der Waals surface area contributed by atoms with Crippen LogP contribution in [0.25, 0.3) is 20.9 Å². The van der Waals surface area contributed by atoms with Gasteiger partial charge in [0.2, 0.25) is 12.4 Å². The number of ether oxygens (including phenoxy) is 1. The molecule has 0 radical (unpaired) electrons. The summed E-state index contributed by atoms with van der Waals surface area (Å²) in [6.45, 7) is 5.98. The first-order chi connectivity index (χ1) is 16.7. The molecule has 0 saturated heterocycles. The van der Waals surface area contributed by atoms with Gasteiger partial charge in [0.1, 0.15) is 8.24 Å². The molecule has 3 fully saturated rings. The summed E-state index contributed by atoms with van der Waals surface area (Å²) in [4.78, 5) is 16.4. The molecule has 5 unspecified atom stereocenters. The van der Waals surface area contributed by atoms with Gasteiger partial charge < -0.3 is 9.84 Å². The van der Waals surface area contributed by atoms with Gasteiger partial charge in [-0.1, -0.05) is 49.4 Å². The highest BCUT2D eigenvalue weighted by atomic mass is 28.3. The number of carbonyl (C=O) groups is 1. The highest BCUT2D eigenvalue weighted by Crippen LogP contribution is 2.45. The largest absolute Gasteiger partial charge is 0.428 e. The predicted octanol–water partition coefficient (Wildman–Crippen LogP) is 7.24. The molecule has 1 aromatic rings. The van der Waals surface area contributed by atoms with Crippen molar-refractivity contribution < 1.29 is 14.6 Å². The Kier molecular flexibility index (Phi) is 9.32. The fourth-order valence-electron chi connectivity index (χ4n) is 5.27. The van der Waals surface area contributed by atoms with Gasteiger partial charge in [-0.2, -0.15) is 0 Å². The SMILES string of the molecule is C[Si](C)(C)N=[N+]=[N-].O=C1OC(O)c2ccccc21.[C+]1=CC2CCC1C2.[N-]=[N+]=N[C@H]1CC2CCC1C2. The van der Waals surface area contributed by atoms with Crippen LogP contribution in [0.5, 0.6) is 0 Å². The number of azide groups is 2. The van der Waals surface area contributed by atoms with Gasteiger partial charge >= 0.3 is 5.97 Å². The number of allylic oxidation sites excluding steroid dienone is 2. The Morgan fingerprint density at radius 2 is 1.83 bits per heavy atom. The van der Waals surface area contributed by atoms with E-state index < -0.39 is 20.5 Å². The standard InChI is InChI=1S/C8H6O3.C7H11N3.C7H9.C3H9N3Si/c9-7-5-3-1-2-4-6(5)8(10)11-7;8-10-9-7-4-5-1-2-6(7)3-5;1-2-7-4-3-6(1)5-7;1-7(2,3)6-5-4/h1-4,7,9H;5-7H,1-4H2;1,6-7H,3-5H2;1-3H3/q;;+1;/t;5?,6?,7-;;/m.0../s1. The van der Waals surface area contributed by atoms with E-state index in [4.69, 9.17) is 16.2 Å². The molecular weight excluding hydrogens is 460 g/mol. The van der Waals surface area contributed by atoms with E-state index in [9.17, 15) is 4.79 Å². The fraction of sp³-hybridized carbons (Fsp3) is 0.640. The minimum Gasteiger partial charge on any atom is -0.428 e. The number of rotatable bonds is 2. The van der Waals surface area contributed by atoms with Gasteiger partial charge in [0.05, 0.1) is 5.56 Å². The maximum absolute atomic E-state index is 10.9. The van der Waals surface area contributed by atoms with Crippen LogP contribution in [0.2, 0.25) is 19.6 Å². The molecular formula is C25H35N6O3Si+. The molecule has 5 aliphatic rings. The van der Waals surface area contributed by atoms with Crippen LogP contribution in [0.3, 0.4) is 0 Å². The smallest absolute Gasteiger partial charge is 0.341 e. The van der Waals surface area contributed by atoms with Gasteiger partial charge in [-0.3, -0.25) is 0 Å². The van der Waals surface area contributed by atoms with Crippen LogP contribution in [-0.2, 0) is 4.74 Å². The van der Waals surface area contributed by atoms with Gasteiger partial charge in [0.25, 0.3) is 0 Å². The number of cyclic esters (lactones) is 1. The number of esters is 1. The molecule has 3 saturated carbocycles. The molecule has 6 atom stereocenters. The van der Waals surface area contributed by atoms with Crippen LogP contribution >= 0.6 is 0 Å². The van der Waals surface area contributed by atoms with E-state index in [2.05, 4.69) is 36.6 Å². The highest BCUT2D eigenvalue weighted by molar-refractivity contribution is 6.74. The Balaban J connectivity index is 0.000000133. The zero-order valence-corrected chi connectivity index (χ0v) is 21.7. The summed E-state index contributed by atoms with van der Waals surface area (Å²) in [7, 11) is -1.45. The zero-order chi connectivity index (χ0) is 25.4. The van der Waals surface area contributed by atoms with Crippen molar-refractivity contribution in [2.75, 3.05) is 0 Å². The molecule has 10 heteroatoms. The van der Waals surface area contributed by atoms with Crippen LogP contribution < -0.4 is 0 Å². The van der Waals surface area contributed by atoms with E-state index in [1.807, 2.05) is 19.6 Å². The van der Waals surface area contributed by atoms with E-state index in [1.165, 1.54) is 38.5 Å². The third-order valence-corrected chi connectivity index (χ3v) is 7.64. The second-order valence-corrected chi connectivity index (χ2v) is 15.3. The third-order valence-electron chi connectivity index (χ3n) is 6.95. The first-order valence-corrected chi connectivity index (χ1v) is 15.8. The summed E-state index contributed by atoms with van der Waals surface area (Å²) < 4.78 is 8.12. The second-order valence-electron chi connectivity index (χ2n) is 10.8. The maximum atomic E-state index is 10.9. The average molecular weight is 496 g/mol. The zero-order valence-electron chi connectivity index (χ0n) is 20.7. The van der Waals surface area contributed by atoms with E-state index in [-0.39, 0.29) is 0 Å². The Labute approximate surface area is 207 Å². The summed E-state index contributed by atoms with van der Waals surface area (Å²) in [6.07, 6.45) is 14.0. The molecule has 1 aliphatic heterocycles. The molecule has 1 aromatic carbocycles. The number of aliphatic hydroxyl groups is 1. The Morgan fingerprint density at radius 3 is 2.23 bits per heavy atom. The summed E-state index contributed by atoms with van der Waals surface area (Å²) in [5.74, 6) is 2.98. The van der Waals surface area contributed by atoms with Crippen molar-refractivity contribution in [1.29, 1.82) is 0 Å². The van der Waals surface area contributed by atoms with Gasteiger partial charge in [-0.25, -0.2) is 4.79 Å². The van der Waals surface area contributed by atoms with E-state index >= 15 is 0 Å². The summed E-state index contributed by atoms with van der Waals surface area (Å²) >= 11 is 0. The highest BCUT2D eigenvalue weighted by Gasteiger charge is 2.39. The van der Waals surface area contributed by atoms with Crippen LogP contribution in [0, 0.1) is 29.7 Å². The van der Waals surface area contributed by atoms with Crippen LogP contribution in [0.4, 0.5) is 0 Å². The summed E-state index contributed by atoms with van der Waals surface area (Å²) in [5.41, 5.74) is 17.1. The maximum Gasteiger partial charge on any atom is 0.341 e. The monoisotopic (exact) mass is 495 g/mol. The quantitative estimate of drug-likeness (QED) is 0.115. The van der Waals surface area contributed by atoms with Crippen molar-refractivity contribution in [1.82, 2.24) is 0 Å². The molecule has 1 N–H and O–H groups in total. The lowest BCUT2D eigenvalue weighted by Gasteiger charge is -2.15. The molecule has 9 nitrogen and oxygen atoms in total. The first-order valence-electron chi connectivity index (χ1n) is 12.4. The molecule has 4 bridgehead atoms. The molecule has 0 amide bonds. The van der Waals surface area contributed by atoms with Gasteiger partial charge in [0, 0.05) is 35.3 Å². The van der Waals surface area contributed by atoms with Crippen molar-refractivity contribution in [3.63, 3.8) is 0 Å². The summed E-state index contributed by atoms with van der Waals surface area (Å²) in [6, 6.07) is 7.14. The van der Waals surface area contributed by atoms with Crippen molar-refractivity contribution in [2.45, 2.75) is 76.9 Å². The van der Waals surface area contributed by atoms with Gasteiger partial charge in [-0.15, -0.1) is 4.78 Å². The predicted molar refractivity (Wildman–Crippen MR) is 136 cm³/mol. The molecule has 35 heavy (non-hydrogen) atoms. The van der Waals surface area contributed by atoms with Crippen LogP contribution in [0.1, 0.15) is 67.2 Å². The molecule has 0 spiro atoms. The van der Waals surface area contributed by atoms with Crippen LogP contribution in [-0.4, -0.2) is 25.4 Å². The molecule has 0 aromatic heterocycles. The minimum atomic E-state index is -1.45. The Bertz CT molecular complexity index is 1000. The fourth-order valence-corrected chi connectivity index (χ4v) is 5.54. The van der Waals surface area contributed by atoms with Crippen molar-refractivity contribution in [3.8, 4) is 0 Å². The Hall–Kier alpha value is -2.86. The number of aliphatic hydroxyl groups excluding tert-OH is 1. The van der Waals surface area contributed by atoms with Crippen molar-refractivity contribution in [3.05, 3.63) is 68.4 Å². The third kappa shape index (κ3) is 7.82. The Morgan fingerprint density at radius 1 is 1.06 bits per heavy atom. The number of carbonyl (C=O) groups excluding carboxylic acids is 1. The number of hydrogen-bond donors (Lipinski definition) is 1. The van der Waals surface area contributed by atoms with Crippen LogP contribution in [0.15, 0.2) is 40.2 Å². The van der Waals surface area contributed by atoms with Gasteiger partial charge in [-0.05, 0) is 59.6 Å². The number of benzene rings is 1. The molecule has 6 rings (SSSR count). The van der Waals surface area contributed by atoms with Crippen molar-refractivity contribution >= 4 is 14.2 Å². The molecule has 1 heterocycles. The lowest BCUT2D eigenvalue weighted by molar-refractivity contribution is -0.0547. The second kappa shape index (κ2) is 12.2. The molecule has 186 valence electrons. The lowest BCUT2D eigenvalue weighted by Crippen LogP contribution is -2.13. The lowest BCUT2D eigenvalue weighted by atomic mass is 9.96. The molecule has 4 aliphatic carbocycles. The average Bonchev–Trinajstić information content (AvgIpc) is 3.64. The van der Waals surface area contributed by atoms with E-state index in [1.54, 1.807) is 24.3 Å². The topological polar surface area (TPSA) is 144 Å². The minimum absolute atomic E-state index is 0.351. The van der Waals surface area contributed by atoms with E-state index in [0.29, 0.717) is 17.2 Å². The van der Waals surface area contributed by atoms with Gasteiger partial charge in [0.15, 0.2) is 12.0 Å². The normalized spacial score (nSPS) is 30.0. The number of hydrogen-bond acceptors (Lipinski definition) is 5. The number of nitrogens with zero attached hydrogens (tertiary/aromatic N) is 6. The number of fused-ring (bicyclic) bond motifs is 5.